The summed E-state index contributed by atoms with van der Waals surface area (Å²) in [5.74, 6) is 0.577. The van der Waals surface area contributed by atoms with Gasteiger partial charge in [0.15, 0.2) is 0 Å². The van der Waals surface area contributed by atoms with E-state index >= 15 is 0 Å². The molecule has 1 atom stereocenters. The van der Waals surface area contributed by atoms with Crippen LogP contribution in [0.2, 0.25) is 0 Å². The first-order valence-electron chi connectivity index (χ1n) is 9.65. The van der Waals surface area contributed by atoms with E-state index in [0.29, 0.717) is 5.75 Å². The molecule has 1 heteroatoms. The molecule has 0 heterocycles. The normalized spacial score (nSPS) is 17.4. The second kappa shape index (κ2) is 5.71. The number of rotatable bonds is 1. The van der Waals surface area contributed by atoms with Crippen molar-refractivity contribution in [2.75, 3.05) is 0 Å². The maximum absolute atomic E-state index is 10.7. The zero-order chi connectivity index (χ0) is 18.7. The summed E-state index contributed by atoms with van der Waals surface area (Å²) >= 11 is 0. The molecule has 1 unspecified atom stereocenters. The molecule has 2 aliphatic rings. The second-order valence-electron chi connectivity index (χ2n) is 7.49. The molecule has 1 nitrogen and oxygen atoms in total. The molecule has 132 valence electrons. The molecule has 1 N–H and O–H groups in total. The highest BCUT2D eigenvalue weighted by atomic mass is 16.3. The summed E-state index contributed by atoms with van der Waals surface area (Å²) in [6, 6.07) is 25.0. The Kier molecular flexibility index (Phi) is 3.15. The van der Waals surface area contributed by atoms with E-state index in [2.05, 4.69) is 85.0 Å². The number of benzene rings is 4. The Morgan fingerprint density at radius 2 is 1.46 bits per heavy atom. The van der Waals surface area contributed by atoms with Crippen LogP contribution < -0.4 is 0 Å². The highest BCUT2D eigenvalue weighted by Gasteiger charge is 2.30. The Morgan fingerprint density at radius 1 is 0.714 bits per heavy atom. The molecule has 0 fully saturated rings. The Hall–Kier alpha value is -3.58. The van der Waals surface area contributed by atoms with Gasteiger partial charge in [-0.15, -0.1) is 0 Å². The van der Waals surface area contributed by atoms with Crippen molar-refractivity contribution < 1.29 is 5.11 Å². The fourth-order valence-electron chi connectivity index (χ4n) is 4.82. The van der Waals surface area contributed by atoms with Crippen LogP contribution in [0.25, 0.3) is 33.2 Å². The molecule has 2 aliphatic carbocycles. The number of allylic oxidation sites excluding steroid dienone is 5. The van der Waals surface area contributed by atoms with Gasteiger partial charge in [-0.05, 0) is 56.1 Å². The highest BCUT2D eigenvalue weighted by Crippen LogP contribution is 2.51. The largest absolute Gasteiger partial charge is 0.507 e. The van der Waals surface area contributed by atoms with E-state index in [4.69, 9.17) is 0 Å². The molecule has 28 heavy (non-hydrogen) atoms. The molecule has 0 spiro atoms. The minimum absolute atomic E-state index is 0.230. The smallest absolute Gasteiger partial charge is 0.124 e. The van der Waals surface area contributed by atoms with Crippen molar-refractivity contribution in [1.82, 2.24) is 0 Å². The molecule has 0 amide bonds. The number of aromatic hydroxyl groups is 1. The van der Waals surface area contributed by atoms with Gasteiger partial charge in [-0.2, -0.15) is 0 Å². The maximum Gasteiger partial charge on any atom is 0.124 e. The van der Waals surface area contributed by atoms with Crippen molar-refractivity contribution in [2.45, 2.75) is 5.92 Å². The van der Waals surface area contributed by atoms with Crippen molar-refractivity contribution >= 4 is 33.2 Å². The Bertz CT molecular complexity index is 1350. The van der Waals surface area contributed by atoms with Gasteiger partial charge in [-0.1, -0.05) is 85.0 Å². The van der Waals surface area contributed by atoms with Crippen molar-refractivity contribution in [2.24, 2.45) is 0 Å². The average molecular weight is 358 g/mol. The molecule has 0 saturated heterocycles. The predicted octanol–water partition coefficient (Wildman–Crippen LogP) is 6.83. The van der Waals surface area contributed by atoms with Crippen molar-refractivity contribution in [3.63, 3.8) is 0 Å². The molecule has 0 aliphatic heterocycles. The SMILES string of the molecule is Oc1cccc2c1c1c(c3ccccc32)C2=CC=CC(c3ccccc3)C2=C1. The van der Waals surface area contributed by atoms with Crippen LogP contribution in [-0.2, 0) is 0 Å². The van der Waals surface area contributed by atoms with Crippen LogP contribution in [-0.4, -0.2) is 5.11 Å². The van der Waals surface area contributed by atoms with Crippen molar-refractivity contribution in [3.8, 4) is 5.75 Å². The van der Waals surface area contributed by atoms with Gasteiger partial charge < -0.3 is 5.11 Å². The highest BCUT2D eigenvalue weighted by molar-refractivity contribution is 6.21. The van der Waals surface area contributed by atoms with Crippen LogP contribution in [0.4, 0.5) is 0 Å². The van der Waals surface area contributed by atoms with E-state index < -0.39 is 0 Å². The Morgan fingerprint density at radius 3 is 2.32 bits per heavy atom. The summed E-state index contributed by atoms with van der Waals surface area (Å²) in [5.41, 5.74) is 6.25. The molecular weight excluding hydrogens is 340 g/mol. The first-order chi connectivity index (χ1) is 13.8. The van der Waals surface area contributed by atoms with Gasteiger partial charge in [-0.25, -0.2) is 0 Å². The lowest BCUT2D eigenvalue weighted by atomic mass is 9.82. The van der Waals surface area contributed by atoms with Gasteiger partial charge in [0.25, 0.3) is 0 Å². The summed E-state index contributed by atoms with van der Waals surface area (Å²) in [4.78, 5) is 0. The fourth-order valence-corrected chi connectivity index (χ4v) is 4.82. The summed E-state index contributed by atoms with van der Waals surface area (Å²) in [7, 11) is 0. The van der Waals surface area contributed by atoms with Gasteiger partial charge >= 0.3 is 0 Å². The lowest BCUT2D eigenvalue weighted by Gasteiger charge is -2.21. The van der Waals surface area contributed by atoms with Gasteiger partial charge in [0.1, 0.15) is 5.75 Å². The minimum Gasteiger partial charge on any atom is -0.507 e. The van der Waals surface area contributed by atoms with Gasteiger partial charge in [0, 0.05) is 11.3 Å². The van der Waals surface area contributed by atoms with Crippen LogP contribution in [0.1, 0.15) is 22.6 Å². The van der Waals surface area contributed by atoms with Gasteiger partial charge in [0.2, 0.25) is 0 Å². The van der Waals surface area contributed by atoms with E-state index in [-0.39, 0.29) is 5.92 Å². The second-order valence-corrected chi connectivity index (χ2v) is 7.49. The topological polar surface area (TPSA) is 20.2 Å². The quantitative estimate of drug-likeness (QED) is 0.370. The number of hydrogen-bond acceptors (Lipinski definition) is 1. The summed E-state index contributed by atoms with van der Waals surface area (Å²) in [6.45, 7) is 0. The van der Waals surface area contributed by atoms with Gasteiger partial charge in [0.05, 0.1) is 0 Å². The zero-order valence-electron chi connectivity index (χ0n) is 15.3. The number of phenolic OH excluding ortho intramolecular Hbond substituents is 1. The molecule has 0 aromatic heterocycles. The van der Waals surface area contributed by atoms with E-state index in [1.807, 2.05) is 6.07 Å². The van der Waals surface area contributed by atoms with E-state index in [0.717, 1.165) is 16.3 Å². The van der Waals surface area contributed by atoms with Gasteiger partial charge in [-0.3, -0.25) is 0 Å². The third-order valence-electron chi connectivity index (χ3n) is 6.01. The Labute approximate surface area is 163 Å². The van der Waals surface area contributed by atoms with Crippen LogP contribution in [0, 0.1) is 0 Å². The average Bonchev–Trinajstić information content (AvgIpc) is 3.14. The third-order valence-corrected chi connectivity index (χ3v) is 6.01. The predicted molar refractivity (Wildman–Crippen MR) is 117 cm³/mol. The maximum atomic E-state index is 10.7. The van der Waals surface area contributed by atoms with Crippen molar-refractivity contribution in [1.29, 1.82) is 0 Å². The van der Waals surface area contributed by atoms with Crippen LogP contribution >= 0.6 is 0 Å². The summed E-state index contributed by atoms with van der Waals surface area (Å²) in [5, 5.41) is 15.2. The van der Waals surface area contributed by atoms with E-state index in [1.54, 1.807) is 6.07 Å². The minimum atomic E-state index is 0.230. The standard InChI is InChI=1S/C27H18O/c28-25-15-7-14-21-19-10-4-5-11-20(19)26-22-13-6-12-18(17-8-2-1-3-9-17)23(22)16-24(26)27(21)25/h1-16,18,28H. The van der Waals surface area contributed by atoms with Crippen molar-refractivity contribution in [3.05, 3.63) is 113 Å². The first kappa shape index (κ1) is 15.5. The Balaban J connectivity index is 1.72. The first-order valence-corrected chi connectivity index (χ1v) is 9.65. The number of phenols is 1. The molecule has 0 saturated carbocycles. The zero-order valence-corrected chi connectivity index (χ0v) is 15.3. The molecule has 0 radical (unpaired) electrons. The number of hydrogen-bond donors (Lipinski definition) is 1. The third kappa shape index (κ3) is 2.02. The fraction of sp³-hybridized carbons (Fsp3) is 0.0370. The molecule has 4 aromatic rings. The molecular formula is C27H18O. The number of fused-ring (bicyclic) bond motifs is 8. The monoisotopic (exact) mass is 358 g/mol. The van der Waals surface area contributed by atoms with E-state index in [1.165, 1.54) is 33.0 Å². The van der Waals surface area contributed by atoms with Crippen LogP contribution in [0.5, 0.6) is 5.75 Å². The summed E-state index contributed by atoms with van der Waals surface area (Å²) in [6.07, 6.45) is 8.94. The lowest BCUT2D eigenvalue weighted by molar-refractivity contribution is 0.481. The molecule has 6 rings (SSSR count). The van der Waals surface area contributed by atoms with Crippen LogP contribution in [0.3, 0.4) is 0 Å². The van der Waals surface area contributed by atoms with E-state index in [9.17, 15) is 5.11 Å². The lowest BCUT2D eigenvalue weighted by Crippen LogP contribution is -2.02. The van der Waals surface area contributed by atoms with Crippen LogP contribution in [0.15, 0.2) is 96.6 Å². The molecule has 0 bridgehead atoms. The summed E-state index contributed by atoms with van der Waals surface area (Å²) < 4.78 is 0. The molecule has 4 aromatic carbocycles.